The molecule has 1 heterocycles. The van der Waals surface area contributed by atoms with E-state index in [-0.39, 0.29) is 11.9 Å². The van der Waals surface area contributed by atoms with Crippen LogP contribution >= 0.6 is 0 Å². The molecule has 3 N–H and O–H groups in total. The number of nitrogen functional groups attached to an aromatic ring is 1. The molecule has 0 aliphatic rings. The Labute approximate surface area is 96.9 Å². The van der Waals surface area contributed by atoms with Gasteiger partial charge >= 0.3 is 0 Å². The van der Waals surface area contributed by atoms with Crippen LogP contribution in [0.5, 0.6) is 0 Å². The summed E-state index contributed by atoms with van der Waals surface area (Å²) in [5.41, 5.74) is 5.93. The highest BCUT2D eigenvalue weighted by molar-refractivity contribution is 7.84. The standard InChI is InChI=1S/C10H15N3O2S/c1-7(6-16(2)15)13-10(14)8-3-4-12-9(11)5-8/h3-5,7H,6H2,1-2H3,(H2,11,12)(H,13,14). The number of amides is 1. The van der Waals surface area contributed by atoms with Crippen LogP contribution in [-0.4, -0.2) is 33.2 Å². The van der Waals surface area contributed by atoms with E-state index < -0.39 is 10.8 Å². The summed E-state index contributed by atoms with van der Waals surface area (Å²) in [7, 11) is -0.925. The molecule has 1 aromatic heterocycles. The summed E-state index contributed by atoms with van der Waals surface area (Å²) in [6.07, 6.45) is 3.08. The van der Waals surface area contributed by atoms with E-state index in [1.807, 2.05) is 6.92 Å². The van der Waals surface area contributed by atoms with Gasteiger partial charge in [0.2, 0.25) is 0 Å². The van der Waals surface area contributed by atoms with Crippen molar-refractivity contribution in [2.24, 2.45) is 0 Å². The minimum absolute atomic E-state index is 0.132. The third-order valence-electron chi connectivity index (χ3n) is 1.91. The molecule has 6 heteroatoms. The van der Waals surface area contributed by atoms with E-state index in [1.165, 1.54) is 12.3 Å². The van der Waals surface area contributed by atoms with Crippen LogP contribution in [0.2, 0.25) is 0 Å². The largest absolute Gasteiger partial charge is 0.384 e. The summed E-state index contributed by atoms with van der Waals surface area (Å²) in [4.78, 5) is 15.5. The fraction of sp³-hybridized carbons (Fsp3) is 0.400. The van der Waals surface area contributed by atoms with E-state index >= 15 is 0 Å². The minimum atomic E-state index is -0.925. The van der Waals surface area contributed by atoms with Gasteiger partial charge in [0.05, 0.1) is 0 Å². The molecule has 16 heavy (non-hydrogen) atoms. The first-order valence-electron chi connectivity index (χ1n) is 4.81. The number of nitrogens with one attached hydrogen (secondary N) is 1. The lowest BCUT2D eigenvalue weighted by atomic mass is 10.2. The van der Waals surface area contributed by atoms with Crippen molar-refractivity contribution in [3.8, 4) is 0 Å². The predicted octanol–water partition coefficient (Wildman–Crippen LogP) is 0.161. The molecule has 0 aromatic carbocycles. The zero-order valence-electron chi connectivity index (χ0n) is 9.27. The molecule has 1 aromatic rings. The van der Waals surface area contributed by atoms with E-state index in [0.29, 0.717) is 17.1 Å². The normalized spacial score (nSPS) is 14.1. The molecule has 0 radical (unpaired) electrons. The second kappa shape index (κ2) is 5.60. The molecule has 0 aliphatic carbocycles. The summed E-state index contributed by atoms with van der Waals surface area (Å²) < 4.78 is 11.0. The van der Waals surface area contributed by atoms with Gasteiger partial charge in [0.25, 0.3) is 5.91 Å². The van der Waals surface area contributed by atoms with Crippen LogP contribution in [0.3, 0.4) is 0 Å². The van der Waals surface area contributed by atoms with Crippen LogP contribution in [0.4, 0.5) is 5.82 Å². The number of carbonyl (C=O) groups excluding carboxylic acids is 1. The molecular weight excluding hydrogens is 226 g/mol. The fourth-order valence-corrected chi connectivity index (χ4v) is 2.08. The Morgan fingerprint density at radius 2 is 2.38 bits per heavy atom. The number of hydrogen-bond acceptors (Lipinski definition) is 4. The van der Waals surface area contributed by atoms with Gasteiger partial charge in [-0.15, -0.1) is 0 Å². The van der Waals surface area contributed by atoms with Crippen molar-refractivity contribution in [3.63, 3.8) is 0 Å². The monoisotopic (exact) mass is 241 g/mol. The van der Waals surface area contributed by atoms with Crippen LogP contribution in [0.15, 0.2) is 18.3 Å². The Morgan fingerprint density at radius 3 is 2.94 bits per heavy atom. The minimum Gasteiger partial charge on any atom is -0.384 e. The molecule has 0 spiro atoms. The van der Waals surface area contributed by atoms with Gasteiger partial charge in [-0.05, 0) is 19.1 Å². The maximum absolute atomic E-state index is 11.7. The van der Waals surface area contributed by atoms with E-state index in [1.54, 1.807) is 12.3 Å². The zero-order chi connectivity index (χ0) is 12.1. The maximum atomic E-state index is 11.7. The van der Waals surface area contributed by atoms with Crippen molar-refractivity contribution in [3.05, 3.63) is 23.9 Å². The number of hydrogen-bond donors (Lipinski definition) is 2. The molecule has 0 fully saturated rings. The van der Waals surface area contributed by atoms with Gasteiger partial charge in [-0.3, -0.25) is 9.00 Å². The summed E-state index contributed by atoms with van der Waals surface area (Å²) in [6.45, 7) is 1.81. The van der Waals surface area contributed by atoms with Crippen molar-refractivity contribution in [1.82, 2.24) is 10.3 Å². The van der Waals surface area contributed by atoms with Crippen LogP contribution < -0.4 is 11.1 Å². The van der Waals surface area contributed by atoms with Crippen molar-refractivity contribution in [1.29, 1.82) is 0 Å². The summed E-state index contributed by atoms with van der Waals surface area (Å²) in [5, 5.41) is 2.74. The van der Waals surface area contributed by atoms with E-state index in [2.05, 4.69) is 10.3 Å². The third-order valence-corrected chi connectivity index (χ3v) is 2.87. The molecule has 0 bridgehead atoms. The van der Waals surface area contributed by atoms with Crippen molar-refractivity contribution >= 4 is 22.5 Å². The first-order valence-corrected chi connectivity index (χ1v) is 6.54. The molecule has 0 saturated carbocycles. The molecule has 2 unspecified atom stereocenters. The van der Waals surface area contributed by atoms with Gasteiger partial charge in [-0.2, -0.15) is 0 Å². The van der Waals surface area contributed by atoms with Gasteiger partial charge in [0, 0.05) is 40.6 Å². The molecule has 1 amide bonds. The van der Waals surface area contributed by atoms with Gasteiger partial charge in [0.1, 0.15) is 5.82 Å². The van der Waals surface area contributed by atoms with Crippen molar-refractivity contribution < 1.29 is 9.00 Å². The van der Waals surface area contributed by atoms with Crippen LogP contribution in [0, 0.1) is 0 Å². The Bertz CT molecular complexity index is 409. The number of anilines is 1. The first kappa shape index (κ1) is 12.6. The van der Waals surface area contributed by atoms with Crippen LogP contribution in [0.25, 0.3) is 0 Å². The SMILES string of the molecule is CC(CS(C)=O)NC(=O)c1ccnc(N)c1. The van der Waals surface area contributed by atoms with Gasteiger partial charge in [0.15, 0.2) is 0 Å². The lowest BCUT2D eigenvalue weighted by Crippen LogP contribution is -2.36. The highest BCUT2D eigenvalue weighted by atomic mass is 32.2. The molecule has 5 nitrogen and oxygen atoms in total. The summed E-state index contributed by atoms with van der Waals surface area (Å²) in [6, 6.07) is 2.96. The van der Waals surface area contributed by atoms with Gasteiger partial charge < -0.3 is 11.1 Å². The fourth-order valence-electron chi connectivity index (χ4n) is 1.29. The van der Waals surface area contributed by atoms with Gasteiger partial charge in [-0.1, -0.05) is 0 Å². The highest BCUT2D eigenvalue weighted by Gasteiger charge is 2.10. The number of aromatic nitrogens is 1. The van der Waals surface area contributed by atoms with E-state index in [4.69, 9.17) is 5.73 Å². The molecular formula is C10H15N3O2S. The Balaban J connectivity index is 2.62. The smallest absolute Gasteiger partial charge is 0.251 e. The number of nitrogens with two attached hydrogens (primary N) is 1. The van der Waals surface area contributed by atoms with Crippen molar-refractivity contribution in [2.45, 2.75) is 13.0 Å². The molecule has 88 valence electrons. The second-order valence-electron chi connectivity index (χ2n) is 3.58. The number of pyridine rings is 1. The topological polar surface area (TPSA) is 85.1 Å². The lowest BCUT2D eigenvalue weighted by molar-refractivity contribution is 0.0943. The van der Waals surface area contributed by atoms with E-state index in [0.717, 1.165) is 0 Å². The predicted molar refractivity (Wildman–Crippen MR) is 64.5 cm³/mol. The Morgan fingerprint density at radius 1 is 1.69 bits per heavy atom. The number of rotatable bonds is 4. The van der Waals surface area contributed by atoms with E-state index in [9.17, 15) is 9.00 Å². The first-order chi connectivity index (χ1) is 7.49. The number of nitrogens with zero attached hydrogens (tertiary/aromatic N) is 1. The lowest BCUT2D eigenvalue weighted by Gasteiger charge is -2.12. The second-order valence-corrected chi connectivity index (χ2v) is 5.06. The van der Waals surface area contributed by atoms with Gasteiger partial charge in [-0.25, -0.2) is 4.98 Å². The average molecular weight is 241 g/mol. The maximum Gasteiger partial charge on any atom is 0.251 e. The molecule has 2 atom stereocenters. The highest BCUT2D eigenvalue weighted by Crippen LogP contribution is 2.03. The molecule has 0 aliphatic heterocycles. The Hall–Kier alpha value is -1.43. The summed E-state index contributed by atoms with van der Waals surface area (Å²) >= 11 is 0. The summed E-state index contributed by atoms with van der Waals surface area (Å²) in [5.74, 6) is 0.512. The molecule has 1 rings (SSSR count). The zero-order valence-corrected chi connectivity index (χ0v) is 10.1. The van der Waals surface area contributed by atoms with Crippen LogP contribution in [-0.2, 0) is 10.8 Å². The van der Waals surface area contributed by atoms with Crippen molar-refractivity contribution in [2.75, 3.05) is 17.7 Å². The third kappa shape index (κ3) is 3.98. The number of carbonyl (C=O) groups is 1. The van der Waals surface area contributed by atoms with Crippen LogP contribution in [0.1, 0.15) is 17.3 Å². The quantitative estimate of drug-likeness (QED) is 0.786. The Kier molecular flexibility index (Phi) is 4.42. The average Bonchev–Trinajstić information content (AvgIpc) is 2.16. The molecule has 0 saturated heterocycles.